The number of nitrogens with two attached hydrogens (primary N) is 1. The predicted octanol–water partition coefficient (Wildman–Crippen LogP) is 1.56. The van der Waals surface area contributed by atoms with Crippen molar-refractivity contribution in [2.75, 3.05) is 0 Å². The van der Waals surface area contributed by atoms with Crippen LogP contribution in [-0.4, -0.2) is 28.3 Å². The summed E-state index contributed by atoms with van der Waals surface area (Å²) in [5, 5.41) is 25.2. The molecule has 1 fully saturated rings. The molecule has 1 aliphatic rings. The molecule has 2 rings (SSSR count). The van der Waals surface area contributed by atoms with Crippen LogP contribution < -0.4 is 11.1 Å². The zero-order valence-electron chi connectivity index (χ0n) is 11.6. The van der Waals surface area contributed by atoms with Crippen molar-refractivity contribution in [1.29, 1.82) is 0 Å². The van der Waals surface area contributed by atoms with E-state index in [-0.39, 0.29) is 18.0 Å². The zero-order chi connectivity index (χ0) is 14.4. The third-order valence-corrected chi connectivity index (χ3v) is 3.88. The Labute approximate surface area is 119 Å². The molecule has 1 aliphatic carbocycles. The largest absolute Gasteiger partial charge is 0.409 e. The van der Waals surface area contributed by atoms with Crippen molar-refractivity contribution in [3.8, 4) is 0 Å². The smallest absolute Gasteiger partial charge is 0.170 e. The molecule has 5 nitrogen and oxygen atoms in total. The highest BCUT2D eigenvalue weighted by Crippen LogP contribution is 2.18. The molecule has 1 aromatic carbocycles. The molecule has 0 bridgehead atoms. The van der Waals surface area contributed by atoms with E-state index in [0.29, 0.717) is 12.1 Å². The second-order valence-electron chi connectivity index (χ2n) is 5.38. The molecule has 1 saturated carbocycles. The average Bonchev–Trinajstić information content (AvgIpc) is 2.69. The first-order valence-electron chi connectivity index (χ1n) is 7.19. The maximum Gasteiger partial charge on any atom is 0.170 e. The summed E-state index contributed by atoms with van der Waals surface area (Å²) in [5.74, 6) is 0.112. The lowest BCUT2D eigenvalue weighted by Gasteiger charge is -2.22. The Morgan fingerprint density at radius 2 is 2.10 bits per heavy atom. The number of aliphatic hydroxyl groups excluding tert-OH is 1. The maximum atomic E-state index is 10.1. The van der Waals surface area contributed by atoms with E-state index in [1.54, 1.807) is 6.07 Å². The second-order valence-corrected chi connectivity index (χ2v) is 5.38. The quantitative estimate of drug-likeness (QED) is 0.221. The monoisotopic (exact) mass is 277 g/mol. The number of rotatable bonds is 4. The van der Waals surface area contributed by atoms with E-state index < -0.39 is 0 Å². The van der Waals surface area contributed by atoms with E-state index in [1.165, 1.54) is 12.8 Å². The number of amidine groups is 1. The Balaban J connectivity index is 1.96. The fourth-order valence-corrected chi connectivity index (χ4v) is 2.67. The lowest BCUT2D eigenvalue weighted by molar-refractivity contribution is 0.119. The second kappa shape index (κ2) is 7.26. The minimum Gasteiger partial charge on any atom is -0.409 e. The number of benzene rings is 1. The number of nitrogens with zero attached hydrogens (tertiary/aromatic N) is 1. The number of oxime groups is 1. The van der Waals surface area contributed by atoms with E-state index in [0.717, 1.165) is 24.8 Å². The van der Waals surface area contributed by atoms with E-state index in [9.17, 15) is 5.11 Å². The number of aliphatic hydroxyl groups is 1. The zero-order valence-corrected chi connectivity index (χ0v) is 11.6. The average molecular weight is 277 g/mol. The van der Waals surface area contributed by atoms with Crippen molar-refractivity contribution < 1.29 is 10.3 Å². The molecule has 0 radical (unpaired) electrons. The Morgan fingerprint density at radius 1 is 1.30 bits per heavy atom. The van der Waals surface area contributed by atoms with Crippen LogP contribution in [0.3, 0.4) is 0 Å². The number of hydrogen-bond acceptors (Lipinski definition) is 4. The maximum absolute atomic E-state index is 10.1. The van der Waals surface area contributed by atoms with E-state index in [1.807, 2.05) is 18.2 Å². The Bertz CT molecular complexity index is 462. The molecule has 2 atom stereocenters. The molecule has 5 N–H and O–H groups in total. The third-order valence-electron chi connectivity index (χ3n) is 3.88. The molecule has 5 heteroatoms. The number of nitrogens with one attached hydrogen (secondary N) is 1. The van der Waals surface area contributed by atoms with Gasteiger partial charge in [-0.25, -0.2) is 0 Å². The van der Waals surface area contributed by atoms with Crippen LogP contribution in [-0.2, 0) is 6.54 Å². The van der Waals surface area contributed by atoms with Crippen LogP contribution in [0, 0.1) is 0 Å². The van der Waals surface area contributed by atoms with Crippen molar-refractivity contribution in [2.24, 2.45) is 10.9 Å². The highest BCUT2D eigenvalue weighted by atomic mass is 16.4. The van der Waals surface area contributed by atoms with Crippen LogP contribution in [0.15, 0.2) is 29.4 Å². The topological polar surface area (TPSA) is 90.9 Å². The van der Waals surface area contributed by atoms with Crippen LogP contribution in [0.2, 0.25) is 0 Å². The van der Waals surface area contributed by atoms with Gasteiger partial charge in [-0.3, -0.25) is 0 Å². The lowest BCUT2D eigenvalue weighted by atomic mass is 10.0. The van der Waals surface area contributed by atoms with Crippen LogP contribution in [0.1, 0.15) is 43.2 Å². The van der Waals surface area contributed by atoms with Crippen LogP contribution in [0.5, 0.6) is 0 Å². The van der Waals surface area contributed by atoms with Gasteiger partial charge in [-0.05, 0) is 24.5 Å². The molecule has 110 valence electrons. The van der Waals surface area contributed by atoms with Gasteiger partial charge in [0.2, 0.25) is 0 Å². The molecule has 0 amide bonds. The van der Waals surface area contributed by atoms with Crippen molar-refractivity contribution in [2.45, 2.75) is 50.8 Å². The molecule has 0 spiro atoms. The normalized spacial score (nSPS) is 24.4. The molecular formula is C15H23N3O2. The summed E-state index contributed by atoms with van der Waals surface area (Å²) in [7, 11) is 0. The molecule has 0 heterocycles. The summed E-state index contributed by atoms with van der Waals surface area (Å²) in [5.41, 5.74) is 7.35. The van der Waals surface area contributed by atoms with Crippen LogP contribution in [0.25, 0.3) is 0 Å². The van der Waals surface area contributed by atoms with E-state index >= 15 is 0 Å². The third kappa shape index (κ3) is 3.95. The van der Waals surface area contributed by atoms with Gasteiger partial charge >= 0.3 is 0 Å². The van der Waals surface area contributed by atoms with Gasteiger partial charge in [0.15, 0.2) is 5.84 Å². The fraction of sp³-hybridized carbons (Fsp3) is 0.533. The lowest BCUT2D eigenvalue weighted by Crippen LogP contribution is -2.38. The summed E-state index contributed by atoms with van der Waals surface area (Å²) in [6.07, 6.45) is 5.11. The van der Waals surface area contributed by atoms with Crippen molar-refractivity contribution in [3.63, 3.8) is 0 Å². The Kier molecular flexibility index (Phi) is 5.38. The van der Waals surface area contributed by atoms with Crippen molar-refractivity contribution in [3.05, 3.63) is 35.4 Å². The van der Waals surface area contributed by atoms with Gasteiger partial charge in [-0.2, -0.15) is 0 Å². The molecule has 0 saturated heterocycles. The summed E-state index contributed by atoms with van der Waals surface area (Å²) in [4.78, 5) is 0. The summed E-state index contributed by atoms with van der Waals surface area (Å²) in [6.45, 7) is 0.675. The SMILES string of the molecule is N/C(=N/O)c1cccc(CNC2CCCCCC2O)c1. The van der Waals surface area contributed by atoms with Gasteiger partial charge in [0.05, 0.1) is 6.10 Å². The minimum absolute atomic E-state index is 0.112. The molecule has 2 unspecified atom stereocenters. The van der Waals surface area contributed by atoms with Gasteiger partial charge in [0.1, 0.15) is 0 Å². The number of hydrogen-bond donors (Lipinski definition) is 4. The molecule has 0 aromatic heterocycles. The van der Waals surface area contributed by atoms with Crippen LogP contribution >= 0.6 is 0 Å². The Hall–Kier alpha value is -1.59. The molecule has 20 heavy (non-hydrogen) atoms. The van der Waals surface area contributed by atoms with Crippen molar-refractivity contribution >= 4 is 5.84 Å². The van der Waals surface area contributed by atoms with Crippen LogP contribution in [0.4, 0.5) is 0 Å². The van der Waals surface area contributed by atoms with Gasteiger partial charge in [-0.1, -0.05) is 42.6 Å². The first-order chi connectivity index (χ1) is 9.70. The van der Waals surface area contributed by atoms with Gasteiger partial charge in [-0.15, -0.1) is 0 Å². The highest BCUT2D eigenvalue weighted by Gasteiger charge is 2.20. The summed E-state index contributed by atoms with van der Waals surface area (Å²) >= 11 is 0. The van der Waals surface area contributed by atoms with Crippen molar-refractivity contribution in [1.82, 2.24) is 5.32 Å². The first kappa shape index (κ1) is 14.8. The van der Waals surface area contributed by atoms with E-state index in [2.05, 4.69) is 10.5 Å². The Morgan fingerprint density at radius 3 is 2.90 bits per heavy atom. The summed E-state index contributed by atoms with van der Waals surface area (Å²) < 4.78 is 0. The molecular weight excluding hydrogens is 254 g/mol. The highest BCUT2D eigenvalue weighted by molar-refractivity contribution is 5.97. The minimum atomic E-state index is -0.259. The van der Waals surface area contributed by atoms with E-state index in [4.69, 9.17) is 10.9 Å². The predicted molar refractivity (Wildman–Crippen MR) is 78.7 cm³/mol. The first-order valence-corrected chi connectivity index (χ1v) is 7.19. The standard InChI is InChI=1S/C15H23N3O2/c16-15(18-20)12-6-4-5-11(9-12)10-17-13-7-2-1-3-8-14(13)19/h4-6,9,13-14,17,19-20H,1-3,7-8,10H2,(H2,16,18). The fourth-order valence-electron chi connectivity index (χ4n) is 2.67. The molecule has 1 aromatic rings. The molecule has 0 aliphatic heterocycles. The summed E-state index contributed by atoms with van der Waals surface area (Å²) in [6, 6.07) is 7.73. The van der Waals surface area contributed by atoms with Gasteiger partial charge < -0.3 is 21.4 Å². The van der Waals surface area contributed by atoms with Gasteiger partial charge in [0.25, 0.3) is 0 Å². The van der Waals surface area contributed by atoms with Gasteiger partial charge in [0, 0.05) is 18.2 Å².